The van der Waals surface area contributed by atoms with Crippen LogP contribution in [0.15, 0.2) is 66.7 Å². The van der Waals surface area contributed by atoms with Crippen molar-refractivity contribution in [3.8, 4) is 23.0 Å². The second kappa shape index (κ2) is 8.99. The smallest absolute Gasteiger partial charge is 0.323 e. The van der Waals surface area contributed by atoms with Crippen LogP contribution in [0.25, 0.3) is 0 Å². The number of fused-ring (bicyclic) bond motifs is 2. The highest BCUT2D eigenvalue weighted by Crippen LogP contribution is 2.57. The average Bonchev–Trinajstić information content (AvgIpc) is 2.76. The molecule has 0 fully saturated rings. The van der Waals surface area contributed by atoms with Gasteiger partial charge in [-0.05, 0) is 54.4 Å². The van der Waals surface area contributed by atoms with Crippen molar-refractivity contribution in [3.63, 3.8) is 0 Å². The van der Waals surface area contributed by atoms with Gasteiger partial charge in [0.05, 0.1) is 13.6 Å². The van der Waals surface area contributed by atoms with Crippen molar-refractivity contribution in [1.29, 1.82) is 0 Å². The van der Waals surface area contributed by atoms with Crippen molar-refractivity contribution in [1.82, 2.24) is 0 Å². The topological polar surface area (TPSA) is 44.8 Å². The molecule has 184 valence electrons. The van der Waals surface area contributed by atoms with E-state index in [0.717, 1.165) is 22.4 Å². The molecule has 3 aromatic rings. The Balaban J connectivity index is 2.09. The minimum Gasteiger partial charge on any atom is -0.547 e. The summed E-state index contributed by atoms with van der Waals surface area (Å²) in [7, 11) is -3.90. The van der Waals surface area contributed by atoms with Crippen molar-refractivity contribution in [2.75, 3.05) is 0 Å². The minimum absolute atomic E-state index is 0.113. The van der Waals surface area contributed by atoms with Gasteiger partial charge in [0.2, 0.25) is 9.04 Å². The maximum Gasteiger partial charge on any atom is 0.323 e. The highest BCUT2D eigenvalue weighted by Gasteiger charge is 2.60. The summed E-state index contributed by atoms with van der Waals surface area (Å²) in [5.41, 5.74) is 2.66. The lowest BCUT2D eigenvalue weighted by molar-refractivity contribution is -0.137. The molecule has 1 aliphatic rings. The molecule has 0 saturated heterocycles. The molecule has 4 rings (SSSR count). The van der Waals surface area contributed by atoms with E-state index in [2.05, 4.69) is 65.6 Å². The zero-order chi connectivity index (χ0) is 25.6. The maximum atomic E-state index is 14.5. The van der Waals surface area contributed by atoms with Crippen LogP contribution in [0, 0.1) is 0 Å². The summed E-state index contributed by atoms with van der Waals surface area (Å²) >= 11 is 0. The Morgan fingerprint density at radius 3 is 2.14 bits per heavy atom. The van der Waals surface area contributed by atoms with E-state index >= 15 is 0 Å². The van der Waals surface area contributed by atoms with E-state index in [9.17, 15) is 4.79 Å². The fourth-order valence-electron chi connectivity index (χ4n) is 4.91. The summed E-state index contributed by atoms with van der Waals surface area (Å²) < 4.78 is 19.3. The van der Waals surface area contributed by atoms with E-state index in [4.69, 9.17) is 13.9 Å². The number of hydrogen-bond acceptors (Lipinski definition) is 4. The monoisotopic (exact) mass is 504 g/mol. The lowest BCUT2D eigenvalue weighted by Crippen LogP contribution is -2.59. The van der Waals surface area contributed by atoms with Gasteiger partial charge in [-0.1, -0.05) is 76.8 Å². The molecule has 0 aromatic heterocycles. The van der Waals surface area contributed by atoms with Gasteiger partial charge in [0.1, 0.15) is 28.0 Å². The van der Waals surface area contributed by atoms with Gasteiger partial charge in [-0.15, -0.1) is 0 Å². The number of para-hydroxylation sites is 2. The molecular formula is C29H36O4Si2. The lowest BCUT2D eigenvalue weighted by atomic mass is 9.81. The van der Waals surface area contributed by atoms with E-state index in [-0.39, 0.29) is 11.4 Å². The molecule has 0 N–H and O–H groups in total. The second-order valence-corrected chi connectivity index (χ2v) is 19.1. The number of carbonyl (C=O) groups excluding carboxylic acids is 1. The molecule has 0 spiro atoms. The molecule has 1 atom stereocenters. The summed E-state index contributed by atoms with van der Waals surface area (Å²) in [6.45, 7) is 17.5. The number of esters is 1. The van der Waals surface area contributed by atoms with Crippen LogP contribution in [0.2, 0.25) is 32.7 Å². The van der Waals surface area contributed by atoms with Crippen LogP contribution in [-0.2, 0) is 15.2 Å². The van der Waals surface area contributed by atoms with Gasteiger partial charge >= 0.3 is 5.97 Å². The Kier molecular flexibility index (Phi) is 6.49. The fraction of sp³-hybridized carbons (Fsp3) is 0.345. The van der Waals surface area contributed by atoms with E-state index in [0.29, 0.717) is 17.2 Å². The van der Waals surface area contributed by atoms with Crippen LogP contribution < -0.4 is 13.9 Å². The Hall–Kier alpha value is -2.84. The predicted molar refractivity (Wildman–Crippen MR) is 147 cm³/mol. The molecule has 0 radical (unpaired) electrons. The summed E-state index contributed by atoms with van der Waals surface area (Å²) in [6.07, 6.45) is 0. The van der Waals surface area contributed by atoms with Gasteiger partial charge in [0.15, 0.2) is 0 Å². The molecule has 4 nitrogen and oxygen atoms in total. The third-order valence-electron chi connectivity index (χ3n) is 6.57. The van der Waals surface area contributed by atoms with Crippen LogP contribution >= 0.6 is 0 Å². The van der Waals surface area contributed by atoms with Crippen molar-refractivity contribution in [2.45, 2.75) is 64.0 Å². The first-order chi connectivity index (χ1) is 16.4. The molecule has 3 aromatic carbocycles. The Morgan fingerprint density at radius 2 is 1.54 bits per heavy atom. The minimum atomic E-state index is -2.39. The number of ether oxygens (including phenoxy) is 2. The SMILES string of the molecule is C[SiH](C)Oc1cc(C(C)(C)C)cc2c1C(C(=O)Oc1ccccc1)([Si](C)(C)C)c1ccccc1O2. The molecule has 1 heterocycles. The van der Waals surface area contributed by atoms with Gasteiger partial charge in [-0.3, -0.25) is 4.79 Å². The molecule has 0 saturated carbocycles. The van der Waals surface area contributed by atoms with E-state index < -0.39 is 22.2 Å². The Bertz CT molecular complexity index is 1240. The number of rotatable bonds is 5. The first-order valence-electron chi connectivity index (χ1n) is 12.3. The van der Waals surface area contributed by atoms with Crippen LogP contribution in [0.3, 0.4) is 0 Å². The molecule has 1 unspecified atom stereocenters. The molecule has 0 bridgehead atoms. The number of benzene rings is 3. The zero-order valence-electron chi connectivity index (χ0n) is 22.1. The number of carbonyl (C=O) groups is 1. The maximum absolute atomic E-state index is 14.5. The van der Waals surface area contributed by atoms with Crippen molar-refractivity contribution in [3.05, 3.63) is 83.4 Å². The van der Waals surface area contributed by atoms with E-state index in [1.165, 1.54) is 0 Å². The molecule has 1 aliphatic heterocycles. The van der Waals surface area contributed by atoms with Gasteiger partial charge < -0.3 is 13.9 Å². The number of hydrogen-bond donors (Lipinski definition) is 0. The zero-order valence-corrected chi connectivity index (χ0v) is 24.2. The first-order valence-corrected chi connectivity index (χ1v) is 18.5. The summed E-state index contributed by atoms with van der Waals surface area (Å²) in [5.74, 6) is 2.39. The highest BCUT2D eigenvalue weighted by atomic mass is 28.3. The fourth-order valence-corrected chi connectivity index (χ4v) is 8.28. The molecular weight excluding hydrogens is 468 g/mol. The second-order valence-electron chi connectivity index (χ2n) is 11.6. The Labute approximate surface area is 212 Å². The molecule has 0 amide bonds. The molecule has 0 aliphatic carbocycles. The highest BCUT2D eigenvalue weighted by molar-refractivity contribution is 6.83. The van der Waals surface area contributed by atoms with Gasteiger partial charge in [-0.2, -0.15) is 0 Å². The van der Waals surface area contributed by atoms with Crippen molar-refractivity contribution >= 4 is 23.1 Å². The van der Waals surface area contributed by atoms with Gasteiger partial charge in [-0.25, -0.2) is 0 Å². The average molecular weight is 505 g/mol. The van der Waals surface area contributed by atoms with Crippen LogP contribution in [0.4, 0.5) is 0 Å². The van der Waals surface area contributed by atoms with Crippen LogP contribution in [-0.4, -0.2) is 23.1 Å². The summed E-state index contributed by atoms with van der Waals surface area (Å²) in [4.78, 5) is 14.5. The van der Waals surface area contributed by atoms with Crippen LogP contribution in [0.5, 0.6) is 23.0 Å². The van der Waals surface area contributed by atoms with Crippen LogP contribution in [0.1, 0.15) is 37.5 Å². The quantitative estimate of drug-likeness (QED) is 0.209. The molecule has 6 heteroatoms. The van der Waals surface area contributed by atoms with Crippen molar-refractivity contribution < 1.29 is 18.7 Å². The van der Waals surface area contributed by atoms with Gasteiger partial charge in [0, 0.05) is 5.56 Å². The summed E-state index contributed by atoms with van der Waals surface area (Å²) in [5, 5.41) is -1.01. The largest absolute Gasteiger partial charge is 0.547 e. The Morgan fingerprint density at radius 1 is 0.914 bits per heavy atom. The standard InChI is InChI=1S/C29H36O4Si2/c1-28(2,3)20-18-24-26(25(19-20)33-34(4)5)29(35(6,7)8,22-16-12-13-17-23(22)32-24)27(30)31-21-14-10-9-11-15-21/h9-19,34H,1-8H3. The molecule has 35 heavy (non-hydrogen) atoms. The van der Waals surface area contributed by atoms with Crippen molar-refractivity contribution in [2.24, 2.45) is 0 Å². The first kappa shape index (κ1) is 25.3. The third-order valence-corrected chi connectivity index (χ3v) is 10.3. The predicted octanol–water partition coefficient (Wildman–Crippen LogP) is 7.22. The summed E-state index contributed by atoms with van der Waals surface area (Å²) in [6, 6.07) is 21.4. The normalized spacial score (nSPS) is 17.3. The third kappa shape index (κ3) is 4.45. The van der Waals surface area contributed by atoms with E-state index in [1.807, 2.05) is 54.6 Å². The van der Waals surface area contributed by atoms with Gasteiger partial charge in [0.25, 0.3) is 0 Å². The lowest BCUT2D eigenvalue weighted by Gasteiger charge is -2.46. The van der Waals surface area contributed by atoms with E-state index in [1.54, 1.807) is 0 Å².